The Labute approximate surface area is 274 Å². The number of fused-ring (bicyclic) bond motifs is 1. The molecule has 0 spiro atoms. The van der Waals surface area contributed by atoms with Gasteiger partial charge in [-0.25, -0.2) is 14.7 Å². The lowest BCUT2D eigenvalue weighted by atomic mass is 9.81. The monoisotopic (exact) mass is 646 g/mol. The lowest BCUT2D eigenvalue weighted by molar-refractivity contribution is -0.130. The SMILES string of the molecule is CN1CCN(c2cc(-c3cccc(C[C@H](N)C(=O)N(c4ccc5[nH]c(=O)[nH]c5c4)C(=O)[C@H]4CC[C@H](CN)CC4)c3)ccn2)CC1.Cl. The summed E-state index contributed by atoms with van der Waals surface area (Å²) >= 11 is 0. The van der Waals surface area contributed by atoms with E-state index in [4.69, 9.17) is 11.5 Å². The highest BCUT2D eigenvalue weighted by molar-refractivity contribution is 6.17. The summed E-state index contributed by atoms with van der Waals surface area (Å²) in [7, 11) is 2.13. The molecule has 6 rings (SSSR count). The average Bonchev–Trinajstić information content (AvgIpc) is 3.44. The van der Waals surface area contributed by atoms with Crippen LogP contribution in [0.5, 0.6) is 0 Å². The quantitative estimate of drug-likeness (QED) is 0.227. The standard InChI is InChI=1S/C34H42N8O3.ClH/c1-40-13-15-41(16-14-40)31-19-26(11-12-37-31)25-4-2-3-23(17-25)18-28(36)33(44)42(32(43)24-7-5-22(21-35)6-8-24)27-9-10-29-30(20-27)39-34(45)38-29;/h2-4,9-12,17,19-20,22,24,28H,5-8,13-16,18,21,35-36H2,1H3,(H2,38,39,45);1H/t22-,24-,28-;/m0./s1. The number of aromatic nitrogens is 3. The van der Waals surface area contributed by atoms with Crippen molar-refractivity contribution < 1.29 is 9.59 Å². The molecule has 0 radical (unpaired) electrons. The number of carbonyl (C=O) groups is 2. The molecular weight excluding hydrogens is 604 g/mol. The van der Waals surface area contributed by atoms with Crippen molar-refractivity contribution in [2.24, 2.45) is 23.3 Å². The number of amides is 2. The van der Waals surface area contributed by atoms with Crippen LogP contribution in [0.3, 0.4) is 0 Å². The zero-order valence-electron chi connectivity index (χ0n) is 26.2. The number of nitrogens with one attached hydrogen (secondary N) is 2. The Balaban J connectivity index is 0.00000417. The van der Waals surface area contributed by atoms with Gasteiger partial charge in [0, 0.05) is 38.3 Å². The summed E-state index contributed by atoms with van der Waals surface area (Å²) in [5.41, 5.74) is 16.6. The van der Waals surface area contributed by atoms with Crippen molar-refractivity contribution >= 4 is 46.8 Å². The molecule has 1 aliphatic carbocycles. The van der Waals surface area contributed by atoms with Gasteiger partial charge in [-0.05, 0) is 98.6 Å². The van der Waals surface area contributed by atoms with Crippen molar-refractivity contribution in [3.8, 4) is 11.1 Å². The van der Waals surface area contributed by atoms with Crippen molar-refractivity contribution in [3.05, 3.63) is 76.8 Å². The number of imide groups is 1. The Morgan fingerprint density at radius 3 is 2.41 bits per heavy atom. The van der Waals surface area contributed by atoms with Crippen LogP contribution >= 0.6 is 12.4 Å². The van der Waals surface area contributed by atoms with Crippen LogP contribution in [0.1, 0.15) is 31.2 Å². The van der Waals surface area contributed by atoms with Gasteiger partial charge in [0.25, 0.3) is 5.91 Å². The summed E-state index contributed by atoms with van der Waals surface area (Å²) in [6, 6.07) is 16.2. The number of anilines is 2. The van der Waals surface area contributed by atoms with Crippen LogP contribution in [0.15, 0.2) is 65.6 Å². The molecule has 244 valence electrons. The summed E-state index contributed by atoms with van der Waals surface area (Å²) in [6.07, 6.45) is 5.15. The third kappa shape index (κ3) is 7.33. The van der Waals surface area contributed by atoms with Crippen molar-refractivity contribution in [2.45, 2.75) is 38.1 Å². The van der Waals surface area contributed by atoms with Gasteiger partial charge in [0.15, 0.2) is 0 Å². The molecule has 2 aromatic carbocycles. The zero-order chi connectivity index (χ0) is 31.5. The maximum absolute atomic E-state index is 14.1. The number of carbonyl (C=O) groups excluding carboxylic acids is 2. The molecule has 4 aromatic rings. The summed E-state index contributed by atoms with van der Waals surface area (Å²) < 4.78 is 0. The maximum atomic E-state index is 14.1. The molecule has 6 N–H and O–H groups in total. The van der Waals surface area contributed by atoms with Gasteiger partial charge in [-0.1, -0.05) is 24.3 Å². The van der Waals surface area contributed by atoms with E-state index in [-0.39, 0.29) is 36.3 Å². The van der Waals surface area contributed by atoms with Crippen LogP contribution in [-0.4, -0.2) is 77.5 Å². The number of nitrogens with zero attached hydrogens (tertiary/aromatic N) is 4. The zero-order valence-corrected chi connectivity index (χ0v) is 27.0. The first kappa shape index (κ1) is 33.3. The number of nitrogens with two attached hydrogens (primary N) is 2. The molecule has 12 heteroatoms. The predicted octanol–water partition coefficient (Wildman–Crippen LogP) is 3.29. The molecule has 2 aromatic heterocycles. The van der Waals surface area contributed by atoms with Gasteiger partial charge in [-0.3, -0.25) is 9.59 Å². The van der Waals surface area contributed by atoms with Gasteiger partial charge < -0.3 is 31.2 Å². The minimum absolute atomic E-state index is 0. The number of benzene rings is 2. The Morgan fingerprint density at radius 2 is 1.67 bits per heavy atom. The van der Waals surface area contributed by atoms with E-state index in [1.54, 1.807) is 18.2 Å². The summed E-state index contributed by atoms with van der Waals surface area (Å²) in [5, 5.41) is 0. The summed E-state index contributed by atoms with van der Waals surface area (Å²) in [5.74, 6) is 0.324. The molecule has 11 nitrogen and oxygen atoms in total. The minimum Gasteiger partial charge on any atom is -0.354 e. The Kier molecular flexibility index (Phi) is 10.6. The van der Waals surface area contributed by atoms with Gasteiger partial charge in [-0.15, -0.1) is 12.4 Å². The third-order valence-electron chi connectivity index (χ3n) is 9.33. The first-order chi connectivity index (χ1) is 21.8. The van der Waals surface area contributed by atoms with Crippen LogP contribution < -0.4 is 27.0 Å². The minimum atomic E-state index is -0.955. The van der Waals surface area contributed by atoms with Crippen LogP contribution in [0, 0.1) is 11.8 Å². The molecule has 2 fully saturated rings. The second kappa shape index (κ2) is 14.6. The molecule has 3 heterocycles. The topological polar surface area (TPSA) is 157 Å². The molecule has 1 atom stereocenters. The number of hydrogen-bond donors (Lipinski definition) is 4. The molecule has 0 bridgehead atoms. The van der Waals surface area contributed by atoms with E-state index in [9.17, 15) is 14.4 Å². The van der Waals surface area contributed by atoms with E-state index in [1.165, 1.54) is 4.90 Å². The number of rotatable bonds is 8. The van der Waals surface area contributed by atoms with E-state index in [0.29, 0.717) is 42.0 Å². The predicted molar refractivity (Wildman–Crippen MR) is 184 cm³/mol. The molecule has 0 unspecified atom stereocenters. The number of imidazole rings is 1. The average molecular weight is 647 g/mol. The van der Waals surface area contributed by atoms with Gasteiger partial charge >= 0.3 is 5.69 Å². The summed E-state index contributed by atoms with van der Waals surface area (Å²) in [6.45, 7) is 4.46. The number of pyridine rings is 1. The molecule has 2 amide bonds. The van der Waals surface area contributed by atoms with E-state index < -0.39 is 11.9 Å². The van der Waals surface area contributed by atoms with Crippen LogP contribution in [0.4, 0.5) is 11.5 Å². The number of hydrogen-bond acceptors (Lipinski definition) is 8. The molecule has 1 saturated heterocycles. The van der Waals surface area contributed by atoms with Crippen molar-refractivity contribution in [1.82, 2.24) is 19.9 Å². The number of aromatic amines is 2. The van der Waals surface area contributed by atoms with Crippen molar-refractivity contribution in [3.63, 3.8) is 0 Å². The Bertz CT molecular complexity index is 1720. The van der Waals surface area contributed by atoms with E-state index in [0.717, 1.165) is 61.5 Å². The number of H-pyrrole nitrogens is 2. The fourth-order valence-electron chi connectivity index (χ4n) is 6.54. The first-order valence-corrected chi connectivity index (χ1v) is 15.8. The maximum Gasteiger partial charge on any atom is 0.323 e. The highest BCUT2D eigenvalue weighted by atomic mass is 35.5. The highest BCUT2D eigenvalue weighted by Gasteiger charge is 2.35. The van der Waals surface area contributed by atoms with E-state index in [1.807, 2.05) is 36.5 Å². The van der Waals surface area contributed by atoms with Crippen molar-refractivity contribution in [2.75, 3.05) is 49.6 Å². The van der Waals surface area contributed by atoms with Gasteiger partial charge in [0.2, 0.25) is 5.91 Å². The number of halogens is 1. The second-order valence-corrected chi connectivity index (χ2v) is 12.5. The van der Waals surface area contributed by atoms with Crippen LogP contribution in [-0.2, 0) is 16.0 Å². The van der Waals surface area contributed by atoms with Crippen LogP contribution in [0.2, 0.25) is 0 Å². The normalized spacial score (nSPS) is 19.4. The summed E-state index contributed by atoms with van der Waals surface area (Å²) in [4.78, 5) is 55.8. The lowest BCUT2D eigenvalue weighted by Gasteiger charge is -2.33. The number of likely N-dealkylation sites (N-methyl/N-ethyl adjacent to an activating group) is 1. The third-order valence-corrected chi connectivity index (χ3v) is 9.33. The first-order valence-electron chi connectivity index (χ1n) is 15.8. The molecule has 2 aliphatic rings. The van der Waals surface area contributed by atoms with E-state index in [2.05, 4.69) is 37.9 Å². The molecule has 46 heavy (non-hydrogen) atoms. The second-order valence-electron chi connectivity index (χ2n) is 12.5. The van der Waals surface area contributed by atoms with E-state index >= 15 is 0 Å². The molecule has 1 saturated carbocycles. The van der Waals surface area contributed by atoms with Crippen molar-refractivity contribution in [1.29, 1.82) is 0 Å². The largest absolute Gasteiger partial charge is 0.354 e. The molecule has 1 aliphatic heterocycles. The Morgan fingerprint density at radius 1 is 0.957 bits per heavy atom. The number of piperazine rings is 1. The van der Waals surface area contributed by atoms with Gasteiger partial charge in [-0.2, -0.15) is 0 Å². The highest BCUT2D eigenvalue weighted by Crippen LogP contribution is 2.32. The lowest BCUT2D eigenvalue weighted by Crippen LogP contribution is -2.50. The van der Waals surface area contributed by atoms with Gasteiger partial charge in [0.1, 0.15) is 5.82 Å². The van der Waals surface area contributed by atoms with Gasteiger partial charge in [0.05, 0.1) is 22.8 Å². The smallest absolute Gasteiger partial charge is 0.323 e. The Hall–Kier alpha value is -4.03. The fraction of sp³-hybridized carbons (Fsp3) is 0.412. The molecular formula is C34H43ClN8O3. The fourth-order valence-corrected chi connectivity index (χ4v) is 6.54. The van der Waals surface area contributed by atoms with Crippen LogP contribution in [0.25, 0.3) is 22.2 Å².